The number of benzene rings is 2. The summed E-state index contributed by atoms with van der Waals surface area (Å²) in [6, 6.07) is 17.4. The first-order chi connectivity index (χ1) is 14.1. The lowest BCUT2D eigenvalue weighted by molar-refractivity contribution is -0.136. The highest BCUT2D eigenvalue weighted by Crippen LogP contribution is 2.34. The van der Waals surface area contributed by atoms with Crippen molar-refractivity contribution < 1.29 is 9.59 Å². The zero-order valence-electron chi connectivity index (χ0n) is 16.6. The maximum atomic E-state index is 12.8. The van der Waals surface area contributed by atoms with Crippen molar-refractivity contribution in [2.24, 2.45) is 7.05 Å². The summed E-state index contributed by atoms with van der Waals surface area (Å²) in [6.45, 7) is 0. The van der Waals surface area contributed by atoms with Crippen LogP contribution in [0.5, 0.6) is 0 Å². The Hall–Kier alpha value is -2.73. The highest BCUT2D eigenvalue weighted by molar-refractivity contribution is 7.98. The van der Waals surface area contributed by atoms with Gasteiger partial charge in [0, 0.05) is 24.4 Å². The van der Waals surface area contributed by atoms with E-state index in [1.165, 1.54) is 0 Å². The van der Waals surface area contributed by atoms with E-state index >= 15 is 0 Å². The van der Waals surface area contributed by atoms with Crippen molar-refractivity contribution in [3.8, 4) is 11.3 Å². The van der Waals surface area contributed by atoms with Crippen molar-refractivity contribution in [3.05, 3.63) is 60.2 Å². The minimum atomic E-state index is -0.568. The summed E-state index contributed by atoms with van der Waals surface area (Å²) in [5.74, 6) is 0.637. The second-order valence-corrected chi connectivity index (χ2v) is 8.36. The average Bonchev–Trinajstić information content (AvgIpc) is 3.02. The van der Waals surface area contributed by atoms with Crippen molar-refractivity contribution in [3.63, 3.8) is 0 Å². The van der Waals surface area contributed by atoms with Gasteiger partial charge in [0.1, 0.15) is 12.1 Å². The monoisotopic (exact) mass is 407 g/mol. The molecule has 2 heterocycles. The molecule has 0 radical (unpaired) electrons. The number of aryl methyl sites for hydroxylation is 1. The van der Waals surface area contributed by atoms with Crippen LogP contribution in [0, 0.1) is 0 Å². The molecule has 1 aliphatic rings. The molecule has 1 fully saturated rings. The summed E-state index contributed by atoms with van der Waals surface area (Å²) >= 11 is 1.67. The number of para-hydroxylation sites is 1. The molecular formula is C23H25N3O2S. The maximum Gasteiger partial charge on any atom is 0.243 e. The second-order valence-electron chi connectivity index (χ2n) is 7.38. The van der Waals surface area contributed by atoms with E-state index in [9.17, 15) is 9.59 Å². The molecule has 6 heteroatoms. The minimum Gasteiger partial charge on any atom is -0.343 e. The predicted octanol–water partition coefficient (Wildman–Crippen LogP) is 3.12. The third-order valence-electron chi connectivity index (χ3n) is 5.54. The number of hydrogen-bond acceptors (Lipinski definition) is 3. The van der Waals surface area contributed by atoms with E-state index in [1.54, 1.807) is 11.8 Å². The van der Waals surface area contributed by atoms with Gasteiger partial charge in [-0.2, -0.15) is 11.8 Å². The molecule has 2 aromatic carbocycles. The summed E-state index contributed by atoms with van der Waals surface area (Å²) in [5, 5.41) is 6.98. The average molecular weight is 408 g/mol. The van der Waals surface area contributed by atoms with Crippen LogP contribution in [0.3, 0.4) is 0 Å². The summed E-state index contributed by atoms with van der Waals surface area (Å²) < 4.78 is 2.17. The summed E-state index contributed by atoms with van der Waals surface area (Å²) in [5.41, 5.74) is 4.37. The van der Waals surface area contributed by atoms with Crippen molar-refractivity contribution in [2.45, 2.75) is 24.9 Å². The smallest absolute Gasteiger partial charge is 0.243 e. The van der Waals surface area contributed by atoms with Crippen LogP contribution in [-0.4, -0.2) is 40.5 Å². The van der Waals surface area contributed by atoms with Crippen LogP contribution >= 0.6 is 11.8 Å². The number of carbonyl (C=O) groups excluding carboxylic acids is 2. The fourth-order valence-electron chi connectivity index (χ4n) is 4.10. The van der Waals surface area contributed by atoms with Crippen molar-refractivity contribution in [2.75, 3.05) is 12.0 Å². The predicted molar refractivity (Wildman–Crippen MR) is 119 cm³/mol. The van der Waals surface area contributed by atoms with Crippen molar-refractivity contribution >= 4 is 34.5 Å². The Balaban J connectivity index is 1.70. The second kappa shape index (κ2) is 8.33. The Morgan fingerprint density at radius 2 is 1.59 bits per heavy atom. The zero-order chi connectivity index (χ0) is 20.4. The minimum absolute atomic E-state index is 0.0925. The SMILES string of the molecule is CSCC[C@H]1NC(=O)[C@@H](Cc2c(-c3ccccc3)n(C)c3ccccc23)NC1=O. The normalized spacial score (nSPS) is 19.2. The van der Waals surface area contributed by atoms with Gasteiger partial charge < -0.3 is 15.2 Å². The van der Waals surface area contributed by atoms with Crippen LogP contribution in [0.4, 0.5) is 0 Å². The lowest BCUT2D eigenvalue weighted by Gasteiger charge is -2.29. The topological polar surface area (TPSA) is 63.1 Å². The number of carbonyl (C=O) groups is 2. The number of piperazine rings is 1. The van der Waals surface area contributed by atoms with Gasteiger partial charge in [-0.25, -0.2) is 0 Å². The number of hydrogen-bond donors (Lipinski definition) is 2. The van der Waals surface area contributed by atoms with Gasteiger partial charge >= 0.3 is 0 Å². The zero-order valence-corrected chi connectivity index (χ0v) is 17.5. The van der Waals surface area contributed by atoms with Crippen molar-refractivity contribution in [1.82, 2.24) is 15.2 Å². The fourth-order valence-corrected chi connectivity index (χ4v) is 4.58. The third kappa shape index (κ3) is 3.77. The molecule has 0 spiro atoms. The Labute approximate surface area is 174 Å². The molecule has 29 heavy (non-hydrogen) atoms. The van der Waals surface area contributed by atoms with E-state index in [0.29, 0.717) is 12.8 Å². The van der Waals surface area contributed by atoms with Gasteiger partial charge in [-0.15, -0.1) is 0 Å². The summed E-state index contributed by atoms with van der Waals surface area (Å²) in [4.78, 5) is 25.3. The molecule has 4 rings (SSSR count). The van der Waals surface area contributed by atoms with Crippen molar-refractivity contribution in [1.29, 1.82) is 0 Å². The maximum absolute atomic E-state index is 12.8. The molecule has 3 aromatic rings. The fraction of sp³-hybridized carbons (Fsp3) is 0.304. The van der Waals surface area contributed by atoms with Crippen LogP contribution in [0.1, 0.15) is 12.0 Å². The molecule has 2 amide bonds. The number of thioether (sulfide) groups is 1. The molecule has 2 N–H and O–H groups in total. The quantitative estimate of drug-likeness (QED) is 0.660. The van der Waals surface area contributed by atoms with E-state index in [-0.39, 0.29) is 11.8 Å². The van der Waals surface area contributed by atoms with Crippen LogP contribution < -0.4 is 10.6 Å². The van der Waals surface area contributed by atoms with Crippen LogP contribution in [0.15, 0.2) is 54.6 Å². The molecule has 1 aromatic heterocycles. The van der Waals surface area contributed by atoms with Gasteiger partial charge in [-0.1, -0.05) is 48.5 Å². The Kier molecular flexibility index (Phi) is 5.62. The number of rotatable bonds is 6. The van der Waals surface area contributed by atoms with Gasteiger partial charge in [-0.05, 0) is 35.6 Å². The molecule has 0 saturated carbocycles. The van der Waals surface area contributed by atoms with E-state index < -0.39 is 12.1 Å². The van der Waals surface area contributed by atoms with Gasteiger partial charge in [0.25, 0.3) is 0 Å². The standard InChI is InChI=1S/C23H25N3O2S/c1-26-20-11-7-6-10-16(20)17(21(26)15-8-4-3-5-9-15)14-19-23(28)24-18(12-13-29-2)22(27)25-19/h3-11,18-19H,12-14H2,1-2H3,(H,24,28)(H,25,27)/t18-,19-/m1/s1. The Bertz CT molecular complexity index is 1040. The lowest BCUT2D eigenvalue weighted by atomic mass is 9.96. The van der Waals surface area contributed by atoms with E-state index in [0.717, 1.165) is 33.5 Å². The molecule has 0 bridgehead atoms. The molecule has 0 unspecified atom stereocenters. The highest BCUT2D eigenvalue weighted by Gasteiger charge is 2.34. The summed E-state index contributed by atoms with van der Waals surface area (Å²) in [7, 11) is 2.05. The third-order valence-corrected chi connectivity index (χ3v) is 6.19. The van der Waals surface area contributed by atoms with Crippen LogP contribution in [0.25, 0.3) is 22.2 Å². The van der Waals surface area contributed by atoms with Gasteiger partial charge in [-0.3, -0.25) is 9.59 Å². The highest BCUT2D eigenvalue weighted by atomic mass is 32.2. The molecular weight excluding hydrogens is 382 g/mol. The van der Waals surface area contributed by atoms with Gasteiger partial charge in [0.2, 0.25) is 11.8 Å². The summed E-state index contributed by atoms with van der Waals surface area (Å²) in [6.07, 6.45) is 3.10. The van der Waals surface area contributed by atoms with E-state index in [4.69, 9.17) is 0 Å². The first-order valence-electron chi connectivity index (χ1n) is 9.81. The van der Waals surface area contributed by atoms with E-state index in [1.807, 2.05) is 43.6 Å². The molecule has 5 nitrogen and oxygen atoms in total. The number of amides is 2. The Morgan fingerprint density at radius 3 is 2.34 bits per heavy atom. The molecule has 150 valence electrons. The number of nitrogens with zero attached hydrogens (tertiary/aromatic N) is 1. The molecule has 1 aliphatic heterocycles. The number of fused-ring (bicyclic) bond motifs is 1. The largest absolute Gasteiger partial charge is 0.343 e. The van der Waals surface area contributed by atoms with Crippen LogP contribution in [-0.2, 0) is 23.1 Å². The van der Waals surface area contributed by atoms with E-state index in [2.05, 4.69) is 39.5 Å². The number of nitrogens with one attached hydrogen (secondary N) is 2. The molecule has 1 saturated heterocycles. The molecule has 0 aliphatic carbocycles. The van der Waals surface area contributed by atoms with Gasteiger partial charge in [0.15, 0.2) is 0 Å². The molecule has 2 atom stereocenters. The first-order valence-corrected chi connectivity index (χ1v) is 11.2. The number of aromatic nitrogens is 1. The van der Waals surface area contributed by atoms with Crippen LogP contribution in [0.2, 0.25) is 0 Å². The first kappa shape index (κ1) is 19.6. The lowest BCUT2D eigenvalue weighted by Crippen LogP contribution is -2.62. The Morgan fingerprint density at radius 1 is 0.931 bits per heavy atom. The van der Waals surface area contributed by atoms with Gasteiger partial charge in [0.05, 0.1) is 5.69 Å².